The number of nitrogens with zero attached hydrogens (tertiary/aromatic N) is 1. The van der Waals surface area contributed by atoms with E-state index in [1.54, 1.807) is 0 Å². The zero-order valence-electron chi connectivity index (χ0n) is 5.67. The van der Waals surface area contributed by atoms with Gasteiger partial charge in [-0.1, -0.05) is 11.6 Å². The van der Waals surface area contributed by atoms with Crippen LogP contribution in [0.15, 0.2) is 16.2 Å². The molecule has 0 amide bonds. The summed E-state index contributed by atoms with van der Waals surface area (Å²) in [5.41, 5.74) is 5.02. The number of nitrogens with two attached hydrogens (primary N) is 1. The van der Waals surface area contributed by atoms with E-state index in [1.165, 1.54) is 19.3 Å². The smallest absolute Gasteiger partial charge is 0.151 e. The Kier molecular flexibility index (Phi) is 4.58. The Morgan fingerprint density at radius 2 is 2.40 bits per heavy atom. The standard InChI is InChI=1S/C6H9ClN2O/c1-5(10)3-9-4-6(7)2-8/h2,4H,3,8H2,1H3. The molecular formula is C6H9ClN2O. The van der Waals surface area contributed by atoms with Gasteiger partial charge in [-0.3, -0.25) is 9.79 Å². The molecule has 0 unspecified atom stereocenters. The van der Waals surface area contributed by atoms with Gasteiger partial charge in [0.05, 0.1) is 11.6 Å². The summed E-state index contributed by atoms with van der Waals surface area (Å²) in [6.07, 6.45) is 2.56. The molecule has 0 atom stereocenters. The molecule has 2 N–H and O–H groups in total. The van der Waals surface area contributed by atoms with Crippen molar-refractivity contribution < 1.29 is 4.79 Å². The Balaban J connectivity index is 3.67. The maximum atomic E-state index is 10.3. The Labute approximate surface area is 64.6 Å². The van der Waals surface area contributed by atoms with E-state index < -0.39 is 0 Å². The van der Waals surface area contributed by atoms with Gasteiger partial charge in [0.15, 0.2) is 5.78 Å². The molecule has 0 rings (SSSR count). The molecule has 0 saturated heterocycles. The van der Waals surface area contributed by atoms with Gasteiger partial charge in [-0.15, -0.1) is 0 Å². The molecular weight excluding hydrogens is 152 g/mol. The van der Waals surface area contributed by atoms with Gasteiger partial charge in [0, 0.05) is 12.4 Å². The summed E-state index contributed by atoms with van der Waals surface area (Å²) in [5.74, 6) is -0.00209. The lowest BCUT2D eigenvalue weighted by Gasteiger charge is -1.85. The van der Waals surface area contributed by atoms with Crippen molar-refractivity contribution in [1.29, 1.82) is 0 Å². The molecule has 0 aromatic carbocycles. The van der Waals surface area contributed by atoms with Crippen molar-refractivity contribution in [3.8, 4) is 0 Å². The van der Waals surface area contributed by atoms with Crippen molar-refractivity contribution in [2.75, 3.05) is 6.54 Å². The summed E-state index contributed by atoms with van der Waals surface area (Å²) in [6.45, 7) is 1.61. The van der Waals surface area contributed by atoms with E-state index in [9.17, 15) is 4.79 Å². The van der Waals surface area contributed by atoms with E-state index in [1.807, 2.05) is 0 Å². The third-order valence-electron chi connectivity index (χ3n) is 0.688. The van der Waals surface area contributed by atoms with Gasteiger partial charge in [0.25, 0.3) is 0 Å². The average molecular weight is 161 g/mol. The first-order chi connectivity index (χ1) is 4.66. The topological polar surface area (TPSA) is 55.5 Å². The quantitative estimate of drug-likeness (QED) is 0.618. The monoisotopic (exact) mass is 160 g/mol. The molecule has 0 aromatic heterocycles. The predicted octanol–water partition coefficient (Wildman–Crippen LogP) is 0.685. The van der Waals surface area contributed by atoms with Crippen LogP contribution in [0.5, 0.6) is 0 Å². The minimum absolute atomic E-state index is 0.00209. The summed E-state index contributed by atoms with van der Waals surface area (Å²) in [4.78, 5) is 14.0. The number of Topliss-reactive ketones (excluding diaryl/α,β-unsaturated/α-hetero) is 1. The van der Waals surface area contributed by atoms with Crippen LogP contribution in [0.2, 0.25) is 0 Å². The number of rotatable bonds is 3. The van der Waals surface area contributed by atoms with Gasteiger partial charge in [-0.05, 0) is 6.92 Å². The first kappa shape index (κ1) is 9.17. The molecule has 0 aromatic rings. The minimum atomic E-state index is -0.00209. The number of aliphatic imine (C=N–C) groups is 1. The highest BCUT2D eigenvalue weighted by Crippen LogP contribution is 1.92. The second kappa shape index (κ2) is 4.99. The van der Waals surface area contributed by atoms with Crippen molar-refractivity contribution >= 4 is 23.6 Å². The van der Waals surface area contributed by atoms with Crippen LogP contribution >= 0.6 is 11.6 Å². The second-order valence-electron chi connectivity index (χ2n) is 1.72. The van der Waals surface area contributed by atoms with Gasteiger partial charge in [0.1, 0.15) is 0 Å². The summed E-state index contributed by atoms with van der Waals surface area (Å²) < 4.78 is 0. The largest absolute Gasteiger partial charge is 0.403 e. The third kappa shape index (κ3) is 5.31. The number of allylic oxidation sites excluding steroid dienone is 1. The highest BCUT2D eigenvalue weighted by Gasteiger charge is 1.86. The Bertz CT molecular complexity index is 175. The fraction of sp³-hybridized carbons (Fsp3) is 0.333. The van der Waals surface area contributed by atoms with Crippen LogP contribution in [0.25, 0.3) is 0 Å². The van der Waals surface area contributed by atoms with E-state index in [-0.39, 0.29) is 12.3 Å². The van der Waals surface area contributed by atoms with E-state index in [0.29, 0.717) is 5.03 Å². The van der Waals surface area contributed by atoms with Crippen LogP contribution < -0.4 is 5.73 Å². The number of ketones is 1. The molecule has 0 fully saturated rings. The Hall–Kier alpha value is -0.830. The SMILES string of the molecule is CC(=O)CN=CC(Cl)=CN. The van der Waals surface area contributed by atoms with Crippen LogP contribution in [0.4, 0.5) is 0 Å². The molecule has 0 radical (unpaired) electrons. The molecule has 0 spiro atoms. The van der Waals surface area contributed by atoms with Crippen LogP contribution in [0.1, 0.15) is 6.92 Å². The molecule has 10 heavy (non-hydrogen) atoms. The van der Waals surface area contributed by atoms with E-state index >= 15 is 0 Å². The molecule has 0 aliphatic rings. The van der Waals surface area contributed by atoms with Crippen LogP contribution in [0, 0.1) is 0 Å². The summed E-state index contributed by atoms with van der Waals surface area (Å²) in [7, 11) is 0. The number of hydrogen-bond acceptors (Lipinski definition) is 3. The van der Waals surface area contributed by atoms with Crippen molar-refractivity contribution in [2.45, 2.75) is 6.92 Å². The van der Waals surface area contributed by atoms with Crippen molar-refractivity contribution in [3.63, 3.8) is 0 Å². The number of hydrogen-bond donors (Lipinski definition) is 1. The van der Waals surface area contributed by atoms with Crippen LogP contribution in [-0.4, -0.2) is 18.5 Å². The normalized spacial score (nSPS) is 12.4. The van der Waals surface area contributed by atoms with Gasteiger partial charge in [0.2, 0.25) is 0 Å². The zero-order chi connectivity index (χ0) is 7.98. The van der Waals surface area contributed by atoms with Gasteiger partial charge < -0.3 is 5.73 Å². The molecule has 0 heterocycles. The van der Waals surface area contributed by atoms with Gasteiger partial charge in [-0.25, -0.2) is 0 Å². The molecule has 0 aliphatic heterocycles. The Morgan fingerprint density at radius 3 is 2.80 bits per heavy atom. The predicted molar refractivity (Wildman–Crippen MR) is 42.2 cm³/mol. The fourth-order valence-electron chi connectivity index (χ4n) is 0.304. The van der Waals surface area contributed by atoms with Gasteiger partial charge in [-0.2, -0.15) is 0 Å². The van der Waals surface area contributed by atoms with E-state index in [4.69, 9.17) is 17.3 Å². The summed E-state index contributed by atoms with van der Waals surface area (Å²) in [6, 6.07) is 0. The van der Waals surface area contributed by atoms with Crippen LogP contribution in [0.3, 0.4) is 0 Å². The molecule has 0 aliphatic carbocycles. The number of carbonyl (C=O) groups is 1. The summed E-state index contributed by atoms with van der Waals surface area (Å²) in [5, 5.41) is 0.334. The van der Waals surface area contributed by atoms with Crippen LogP contribution in [-0.2, 0) is 4.79 Å². The average Bonchev–Trinajstić information content (AvgIpc) is 1.87. The van der Waals surface area contributed by atoms with Gasteiger partial charge >= 0.3 is 0 Å². The molecule has 0 bridgehead atoms. The number of halogens is 1. The minimum Gasteiger partial charge on any atom is -0.403 e. The Morgan fingerprint density at radius 1 is 1.80 bits per heavy atom. The van der Waals surface area contributed by atoms with E-state index in [0.717, 1.165) is 0 Å². The lowest BCUT2D eigenvalue weighted by molar-refractivity contribution is -0.115. The fourth-order valence-corrected chi connectivity index (χ4v) is 0.373. The van der Waals surface area contributed by atoms with Crippen molar-refractivity contribution in [2.24, 2.45) is 10.7 Å². The molecule has 4 heteroatoms. The first-order valence-electron chi connectivity index (χ1n) is 2.73. The third-order valence-corrected chi connectivity index (χ3v) is 0.911. The molecule has 56 valence electrons. The lowest BCUT2D eigenvalue weighted by Crippen LogP contribution is -1.95. The maximum absolute atomic E-state index is 10.3. The van der Waals surface area contributed by atoms with Crippen molar-refractivity contribution in [3.05, 3.63) is 11.2 Å². The lowest BCUT2D eigenvalue weighted by atomic mass is 10.5. The number of carbonyl (C=O) groups excluding carboxylic acids is 1. The second-order valence-corrected chi connectivity index (χ2v) is 2.16. The zero-order valence-corrected chi connectivity index (χ0v) is 6.43. The van der Waals surface area contributed by atoms with Crippen molar-refractivity contribution in [1.82, 2.24) is 0 Å². The molecule has 0 saturated carbocycles. The van der Waals surface area contributed by atoms with E-state index in [2.05, 4.69) is 4.99 Å². The highest BCUT2D eigenvalue weighted by atomic mass is 35.5. The first-order valence-corrected chi connectivity index (χ1v) is 3.11. The molecule has 3 nitrogen and oxygen atoms in total. The highest BCUT2D eigenvalue weighted by molar-refractivity contribution is 6.39. The summed E-state index contributed by atoms with van der Waals surface area (Å²) >= 11 is 5.42. The maximum Gasteiger partial charge on any atom is 0.151 e.